The Kier molecular flexibility index (Phi) is 3.52. The lowest BCUT2D eigenvalue weighted by atomic mass is 9.97. The molecule has 3 rings (SSSR count). The molecule has 0 amide bonds. The van der Waals surface area contributed by atoms with Crippen molar-refractivity contribution in [3.63, 3.8) is 0 Å². The van der Waals surface area contributed by atoms with E-state index in [-0.39, 0.29) is 5.75 Å². The largest absolute Gasteiger partial charge is 0.508 e. The summed E-state index contributed by atoms with van der Waals surface area (Å²) in [7, 11) is 0. The summed E-state index contributed by atoms with van der Waals surface area (Å²) in [6, 6.07) is 22.8. The molecule has 21 heavy (non-hydrogen) atoms. The van der Waals surface area contributed by atoms with Crippen molar-refractivity contribution in [2.75, 3.05) is 0 Å². The fourth-order valence-electron chi connectivity index (χ4n) is 2.37. The third kappa shape index (κ3) is 2.70. The summed E-state index contributed by atoms with van der Waals surface area (Å²) < 4.78 is 0. The van der Waals surface area contributed by atoms with Gasteiger partial charge in [-0.2, -0.15) is 0 Å². The Balaban J connectivity index is 2.02. The van der Waals surface area contributed by atoms with Crippen molar-refractivity contribution < 1.29 is 9.90 Å². The van der Waals surface area contributed by atoms with Crippen LogP contribution in [0, 0.1) is 0 Å². The molecule has 0 atom stereocenters. The summed E-state index contributed by atoms with van der Waals surface area (Å²) in [6.45, 7) is 0. The smallest absolute Gasteiger partial charge is 0.150 e. The minimum Gasteiger partial charge on any atom is -0.508 e. The number of benzene rings is 3. The van der Waals surface area contributed by atoms with E-state index in [2.05, 4.69) is 12.1 Å². The van der Waals surface area contributed by atoms with Gasteiger partial charge in [0.1, 0.15) is 5.75 Å². The van der Waals surface area contributed by atoms with Crippen LogP contribution in [0.1, 0.15) is 10.4 Å². The van der Waals surface area contributed by atoms with Gasteiger partial charge in [-0.15, -0.1) is 0 Å². The first-order valence-electron chi connectivity index (χ1n) is 6.72. The lowest BCUT2D eigenvalue weighted by Gasteiger charge is -2.07. The monoisotopic (exact) mass is 274 g/mol. The molecule has 2 nitrogen and oxygen atoms in total. The van der Waals surface area contributed by atoms with Crippen molar-refractivity contribution in [1.82, 2.24) is 0 Å². The first kappa shape index (κ1) is 13.1. The maximum Gasteiger partial charge on any atom is 0.150 e. The molecule has 0 unspecified atom stereocenters. The summed E-state index contributed by atoms with van der Waals surface area (Å²) in [5.41, 5.74) is 4.49. The molecular formula is C19H14O2. The van der Waals surface area contributed by atoms with Crippen LogP contribution in [0.25, 0.3) is 22.3 Å². The molecule has 0 bridgehead atoms. The molecule has 0 heterocycles. The van der Waals surface area contributed by atoms with Gasteiger partial charge < -0.3 is 5.11 Å². The average molecular weight is 274 g/mol. The Morgan fingerprint density at radius 1 is 0.714 bits per heavy atom. The Bertz CT molecular complexity index is 759. The van der Waals surface area contributed by atoms with Gasteiger partial charge in [-0.1, -0.05) is 54.6 Å². The molecule has 0 aliphatic rings. The highest BCUT2D eigenvalue weighted by Crippen LogP contribution is 2.29. The Morgan fingerprint density at radius 2 is 1.33 bits per heavy atom. The van der Waals surface area contributed by atoms with Crippen molar-refractivity contribution in [2.45, 2.75) is 0 Å². The van der Waals surface area contributed by atoms with Gasteiger partial charge in [0.15, 0.2) is 6.29 Å². The Morgan fingerprint density at radius 3 is 2.00 bits per heavy atom. The van der Waals surface area contributed by atoms with Gasteiger partial charge in [-0.05, 0) is 40.5 Å². The van der Waals surface area contributed by atoms with E-state index >= 15 is 0 Å². The second-order valence-electron chi connectivity index (χ2n) is 4.83. The van der Waals surface area contributed by atoms with Crippen molar-refractivity contribution in [2.24, 2.45) is 0 Å². The van der Waals surface area contributed by atoms with Crippen LogP contribution in [0.5, 0.6) is 5.75 Å². The Hall–Kier alpha value is -2.87. The van der Waals surface area contributed by atoms with Crippen LogP contribution in [0.15, 0.2) is 72.8 Å². The van der Waals surface area contributed by atoms with E-state index in [1.54, 1.807) is 12.1 Å². The maximum absolute atomic E-state index is 11.1. The van der Waals surface area contributed by atoms with Gasteiger partial charge in [0.25, 0.3) is 0 Å². The predicted molar refractivity (Wildman–Crippen MR) is 84.4 cm³/mol. The molecule has 0 saturated heterocycles. The van der Waals surface area contributed by atoms with Crippen LogP contribution in [0.2, 0.25) is 0 Å². The average Bonchev–Trinajstić information content (AvgIpc) is 2.56. The number of hydrogen-bond acceptors (Lipinski definition) is 2. The number of aromatic hydroxyl groups is 1. The SMILES string of the molecule is O=Cc1ccc(O)cc1-c1ccc(-c2ccccc2)cc1. The molecule has 0 aliphatic carbocycles. The van der Waals surface area contributed by atoms with Gasteiger partial charge >= 0.3 is 0 Å². The molecule has 0 spiro atoms. The number of carbonyl (C=O) groups is 1. The fourth-order valence-corrected chi connectivity index (χ4v) is 2.37. The highest BCUT2D eigenvalue weighted by atomic mass is 16.3. The second-order valence-corrected chi connectivity index (χ2v) is 4.83. The van der Waals surface area contributed by atoms with Crippen LogP contribution in [-0.4, -0.2) is 11.4 Å². The molecule has 3 aromatic carbocycles. The van der Waals surface area contributed by atoms with E-state index < -0.39 is 0 Å². The quantitative estimate of drug-likeness (QED) is 0.712. The van der Waals surface area contributed by atoms with Crippen LogP contribution < -0.4 is 0 Å². The summed E-state index contributed by atoms with van der Waals surface area (Å²) in [5.74, 6) is 0.155. The summed E-state index contributed by atoms with van der Waals surface area (Å²) in [5, 5.41) is 9.61. The standard InChI is InChI=1S/C19H14O2/c20-13-17-10-11-18(21)12-19(17)16-8-6-15(7-9-16)14-4-2-1-3-5-14/h1-13,21H. The summed E-state index contributed by atoms with van der Waals surface area (Å²) in [6.07, 6.45) is 0.805. The van der Waals surface area contributed by atoms with Crippen LogP contribution in [0.3, 0.4) is 0 Å². The summed E-state index contributed by atoms with van der Waals surface area (Å²) >= 11 is 0. The molecule has 0 radical (unpaired) electrons. The zero-order valence-electron chi connectivity index (χ0n) is 11.4. The maximum atomic E-state index is 11.1. The van der Waals surface area contributed by atoms with E-state index in [0.717, 1.165) is 28.5 Å². The van der Waals surface area contributed by atoms with Gasteiger partial charge in [-0.25, -0.2) is 0 Å². The lowest BCUT2D eigenvalue weighted by molar-refractivity contribution is 0.112. The minimum atomic E-state index is 0.155. The molecular weight excluding hydrogens is 260 g/mol. The molecule has 1 N–H and O–H groups in total. The van der Waals surface area contributed by atoms with E-state index in [9.17, 15) is 9.90 Å². The van der Waals surface area contributed by atoms with Crippen molar-refractivity contribution in [3.8, 4) is 28.0 Å². The molecule has 0 aromatic heterocycles. The first-order valence-corrected chi connectivity index (χ1v) is 6.72. The number of carbonyl (C=O) groups excluding carboxylic acids is 1. The number of aldehydes is 1. The van der Waals surface area contributed by atoms with Crippen molar-refractivity contribution in [1.29, 1.82) is 0 Å². The van der Waals surface area contributed by atoms with E-state index in [1.807, 2.05) is 42.5 Å². The third-order valence-corrected chi connectivity index (χ3v) is 3.47. The zero-order valence-corrected chi connectivity index (χ0v) is 11.4. The Labute approximate surface area is 123 Å². The van der Waals surface area contributed by atoms with Crippen LogP contribution in [-0.2, 0) is 0 Å². The molecule has 0 aliphatic heterocycles. The van der Waals surface area contributed by atoms with Gasteiger partial charge in [0, 0.05) is 5.56 Å². The van der Waals surface area contributed by atoms with Crippen LogP contribution in [0.4, 0.5) is 0 Å². The van der Waals surface area contributed by atoms with Crippen molar-refractivity contribution >= 4 is 6.29 Å². The second kappa shape index (κ2) is 5.63. The number of hydrogen-bond donors (Lipinski definition) is 1. The van der Waals surface area contributed by atoms with E-state index in [0.29, 0.717) is 5.56 Å². The normalized spacial score (nSPS) is 10.3. The third-order valence-electron chi connectivity index (χ3n) is 3.47. The minimum absolute atomic E-state index is 0.155. The summed E-state index contributed by atoms with van der Waals surface area (Å²) in [4.78, 5) is 11.1. The van der Waals surface area contributed by atoms with Gasteiger partial charge in [0.05, 0.1) is 0 Å². The van der Waals surface area contributed by atoms with E-state index in [1.165, 1.54) is 6.07 Å². The topological polar surface area (TPSA) is 37.3 Å². The first-order chi connectivity index (χ1) is 10.3. The van der Waals surface area contributed by atoms with E-state index in [4.69, 9.17) is 0 Å². The number of phenolic OH excluding ortho intramolecular Hbond substituents is 1. The molecule has 102 valence electrons. The highest BCUT2D eigenvalue weighted by Gasteiger charge is 2.06. The fraction of sp³-hybridized carbons (Fsp3) is 0. The number of rotatable bonds is 3. The molecule has 3 aromatic rings. The van der Waals surface area contributed by atoms with Crippen molar-refractivity contribution in [3.05, 3.63) is 78.4 Å². The number of phenols is 1. The molecule has 0 saturated carbocycles. The lowest BCUT2D eigenvalue weighted by Crippen LogP contribution is -1.87. The molecule has 0 fully saturated rings. The highest BCUT2D eigenvalue weighted by molar-refractivity contribution is 5.88. The zero-order chi connectivity index (χ0) is 14.7. The predicted octanol–water partition coefficient (Wildman–Crippen LogP) is 4.54. The van der Waals surface area contributed by atoms with Gasteiger partial charge in [-0.3, -0.25) is 4.79 Å². The van der Waals surface area contributed by atoms with Gasteiger partial charge in [0.2, 0.25) is 0 Å². The van der Waals surface area contributed by atoms with Crippen LogP contribution >= 0.6 is 0 Å². The molecule has 2 heteroatoms.